The number of rotatable bonds is 8. The minimum absolute atomic E-state index is 0.413. The summed E-state index contributed by atoms with van der Waals surface area (Å²) in [5.74, 6) is 0.850. The number of hydrogen-bond donors (Lipinski definition) is 2. The van der Waals surface area contributed by atoms with E-state index in [1.165, 1.54) is 32.1 Å². The van der Waals surface area contributed by atoms with Crippen molar-refractivity contribution in [1.82, 2.24) is 4.98 Å². The molecule has 1 atom stereocenters. The molecule has 0 saturated carbocycles. The third-order valence-corrected chi connectivity index (χ3v) is 3.17. The highest BCUT2D eigenvalue weighted by Gasteiger charge is 2.04. The highest BCUT2D eigenvalue weighted by Crippen LogP contribution is 2.12. The van der Waals surface area contributed by atoms with Crippen molar-refractivity contribution in [2.75, 3.05) is 5.32 Å². The molecule has 1 aromatic heterocycles. The lowest BCUT2D eigenvalue weighted by Crippen LogP contribution is -2.17. The van der Waals surface area contributed by atoms with Gasteiger partial charge in [0.25, 0.3) is 0 Å². The largest absolute Gasteiger partial charge is 0.389 e. The highest BCUT2D eigenvalue weighted by atomic mass is 32.1. The molecule has 1 unspecified atom stereocenters. The molecule has 0 saturated heterocycles. The molecular formula is C14H23N3S. The molecule has 0 spiro atoms. The highest BCUT2D eigenvalue weighted by molar-refractivity contribution is 7.80. The van der Waals surface area contributed by atoms with Crippen LogP contribution >= 0.6 is 12.2 Å². The molecule has 0 aromatic carbocycles. The number of unbranched alkanes of at least 4 members (excludes halogenated alkanes) is 3. The molecule has 0 aliphatic rings. The molecule has 0 radical (unpaired) electrons. The maximum absolute atomic E-state index is 5.60. The number of nitrogens with two attached hydrogens (primary N) is 1. The van der Waals surface area contributed by atoms with E-state index in [1.54, 1.807) is 6.20 Å². The number of pyridine rings is 1. The molecule has 18 heavy (non-hydrogen) atoms. The first-order valence-corrected chi connectivity index (χ1v) is 7.06. The smallest absolute Gasteiger partial charge is 0.126 e. The van der Waals surface area contributed by atoms with Crippen LogP contribution in [0.1, 0.15) is 51.5 Å². The average Bonchev–Trinajstić information content (AvgIpc) is 2.35. The van der Waals surface area contributed by atoms with E-state index in [4.69, 9.17) is 18.0 Å². The Morgan fingerprint density at radius 2 is 2.22 bits per heavy atom. The van der Waals surface area contributed by atoms with Gasteiger partial charge in [-0.15, -0.1) is 0 Å². The van der Waals surface area contributed by atoms with E-state index in [9.17, 15) is 0 Å². The second-order valence-electron chi connectivity index (χ2n) is 4.69. The summed E-state index contributed by atoms with van der Waals surface area (Å²) in [6, 6.07) is 4.17. The molecule has 0 aliphatic carbocycles. The van der Waals surface area contributed by atoms with Gasteiger partial charge >= 0.3 is 0 Å². The van der Waals surface area contributed by atoms with Crippen molar-refractivity contribution in [2.45, 2.75) is 52.0 Å². The zero-order chi connectivity index (χ0) is 13.4. The van der Waals surface area contributed by atoms with Crippen LogP contribution in [0.4, 0.5) is 5.82 Å². The molecule has 1 heterocycles. The van der Waals surface area contributed by atoms with E-state index < -0.39 is 0 Å². The van der Waals surface area contributed by atoms with E-state index in [0.717, 1.165) is 11.4 Å². The van der Waals surface area contributed by atoms with Crippen LogP contribution in [-0.2, 0) is 0 Å². The van der Waals surface area contributed by atoms with Crippen molar-refractivity contribution in [1.29, 1.82) is 0 Å². The maximum Gasteiger partial charge on any atom is 0.126 e. The fraction of sp³-hybridized carbons (Fsp3) is 0.571. The summed E-state index contributed by atoms with van der Waals surface area (Å²) in [7, 11) is 0. The quantitative estimate of drug-likeness (QED) is 0.558. The fourth-order valence-electron chi connectivity index (χ4n) is 1.86. The monoisotopic (exact) mass is 265 g/mol. The normalized spacial score (nSPS) is 12.1. The van der Waals surface area contributed by atoms with Crippen LogP contribution in [0.5, 0.6) is 0 Å². The standard InChI is InChI=1S/C14H23N3S/c1-3-4-5-6-7-11(2)17-13-10-12(14(15)18)8-9-16-13/h8-11H,3-7H2,1-2H3,(H2,15,18)(H,16,17). The summed E-state index contributed by atoms with van der Waals surface area (Å²) in [5, 5.41) is 3.39. The van der Waals surface area contributed by atoms with Crippen LogP contribution in [0, 0.1) is 0 Å². The minimum atomic E-state index is 0.413. The van der Waals surface area contributed by atoms with Crippen molar-refractivity contribution in [3.63, 3.8) is 0 Å². The van der Waals surface area contributed by atoms with Gasteiger partial charge in [0.1, 0.15) is 10.8 Å². The van der Waals surface area contributed by atoms with Crippen molar-refractivity contribution in [2.24, 2.45) is 5.73 Å². The maximum atomic E-state index is 5.60. The minimum Gasteiger partial charge on any atom is -0.389 e. The first kappa shape index (κ1) is 14.9. The van der Waals surface area contributed by atoms with Gasteiger partial charge in [0.05, 0.1) is 0 Å². The number of thiocarbonyl (C=S) groups is 1. The molecule has 4 heteroatoms. The van der Waals surface area contributed by atoms with Gasteiger partial charge in [-0.05, 0) is 25.5 Å². The second-order valence-corrected chi connectivity index (χ2v) is 5.13. The van der Waals surface area contributed by atoms with Crippen LogP contribution in [0.25, 0.3) is 0 Å². The van der Waals surface area contributed by atoms with Crippen LogP contribution in [-0.4, -0.2) is 16.0 Å². The first-order valence-electron chi connectivity index (χ1n) is 6.66. The van der Waals surface area contributed by atoms with E-state index in [0.29, 0.717) is 11.0 Å². The Bertz CT molecular complexity index is 379. The molecule has 0 aliphatic heterocycles. The molecule has 1 aromatic rings. The number of aromatic nitrogens is 1. The summed E-state index contributed by atoms with van der Waals surface area (Å²) in [5.41, 5.74) is 6.46. The lowest BCUT2D eigenvalue weighted by molar-refractivity contribution is 0.593. The number of hydrogen-bond acceptors (Lipinski definition) is 3. The average molecular weight is 265 g/mol. The van der Waals surface area contributed by atoms with E-state index in [2.05, 4.69) is 24.1 Å². The van der Waals surface area contributed by atoms with Crippen molar-refractivity contribution in [3.8, 4) is 0 Å². The van der Waals surface area contributed by atoms with Gasteiger partial charge in [0.2, 0.25) is 0 Å². The van der Waals surface area contributed by atoms with Gasteiger partial charge in [-0.1, -0.05) is 44.8 Å². The summed E-state index contributed by atoms with van der Waals surface area (Å²) < 4.78 is 0. The van der Waals surface area contributed by atoms with Gasteiger partial charge in [-0.25, -0.2) is 4.98 Å². The van der Waals surface area contributed by atoms with Crippen molar-refractivity contribution >= 4 is 23.0 Å². The first-order chi connectivity index (χ1) is 8.63. The Labute approximate surface area is 115 Å². The summed E-state index contributed by atoms with van der Waals surface area (Å²) >= 11 is 4.96. The topological polar surface area (TPSA) is 50.9 Å². The molecule has 3 nitrogen and oxygen atoms in total. The summed E-state index contributed by atoms with van der Waals surface area (Å²) in [4.78, 5) is 4.69. The predicted molar refractivity (Wildman–Crippen MR) is 82.0 cm³/mol. The molecule has 3 N–H and O–H groups in total. The van der Waals surface area contributed by atoms with E-state index >= 15 is 0 Å². The summed E-state index contributed by atoms with van der Waals surface area (Å²) in [6.07, 6.45) is 8.07. The SMILES string of the molecule is CCCCCCC(C)Nc1cc(C(N)=S)ccn1. The Morgan fingerprint density at radius 1 is 1.44 bits per heavy atom. The van der Waals surface area contributed by atoms with Crippen LogP contribution in [0.2, 0.25) is 0 Å². The van der Waals surface area contributed by atoms with Crippen LogP contribution < -0.4 is 11.1 Å². The Kier molecular flexibility index (Phi) is 6.65. The van der Waals surface area contributed by atoms with E-state index in [1.807, 2.05) is 12.1 Å². The zero-order valence-corrected chi connectivity index (χ0v) is 12.1. The molecule has 0 amide bonds. The third-order valence-electron chi connectivity index (χ3n) is 2.93. The zero-order valence-electron chi connectivity index (χ0n) is 11.3. The number of nitrogens with zero attached hydrogens (tertiary/aromatic N) is 1. The predicted octanol–water partition coefficient (Wildman–Crippen LogP) is 3.49. The van der Waals surface area contributed by atoms with Gasteiger partial charge in [0, 0.05) is 17.8 Å². The van der Waals surface area contributed by atoms with Gasteiger partial charge in [-0.2, -0.15) is 0 Å². The molecular weight excluding hydrogens is 242 g/mol. The van der Waals surface area contributed by atoms with Gasteiger partial charge < -0.3 is 11.1 Å². The van der Waals surface area contributed by atoms with Gasteiger partial charge in [-0.3, -0.25) is 0 Å². The lowest BCUT2D eigenvalue weighted by atomic mass is 10.1. The lowest BCUT2D eigenvalue weighted by Gasteiger charge is -2.14. The van der Waals surface area contributed by atoms with Crippen LogP contribution in [0.3, 0.4) is 0 Å². The summed E-state index contributed by atoms with van der Waals surface area (Å²) in [6.45, 7) is 4.41. The molecule has 100 valence electrons. The molecule has 0 bridgehead atoms. The van der Waals surface area contributed by atoms with Gasteiger partial charge in [0.15, 0.2) is 0 Å². The van der Waals surface area contributed by atoms with Crippen molar-refractivity contribution < 1.29 is 0 Å². The second kappa shape index (κ2) is 8.03. The third kappa shape index (κ3) is 5.45. The fourth-order valence-corrected chi connectivity index (χ4v) is 1.99. The Morgan fingerprint density at radius 3 is 2.89 bits per heavy atom. The Balaban J connectivity index is 2.41. The Hall–Kier alpha value is -1.16. The number of nitrogens with one attached hydrogen (secondary N) is 1. The van der Waals surface area contributed by atoms with Crippen LogP contribution in [0.15, 0.2) is 18.3 Å². The number of anilines is 1. The molecule has 0 fully saturated rings. The van der Waals surface area contributed by atoms with Crippen molar-refractivity contribution in [3.05, 3.63) is 23.9 Å². The molecule has 1 rings (SSSR count). The van der Waals surface area contributed by atoms with E-state index in [-0.39, 0.29) is 0 Å².